The van der Waals surface area contributed by atoms with Crippen molar-refractivity contribution in [2.24, 2.45) is 0 Å². The highest BCUT2D eigenvalue weighted by atomic mass is 35.5. The summed E-state index contributed by atoms with van der Waals surface area (Å²) in [5.41, 5.74) is 3.05. The van der Waals surface area contributed by atoms with Gasteiger partial charge in [0.25, 0.3) is 0 Å². The number of carbonyl (C=O) groups excluding carboxylic acids is 2. The first-order valence-corrected chi connectivity index (χ1v) is 11.4. The van der Waals surface area contributed by atoms with Crippen molar-refractivity contribution in [2.75, 3.05) is 25.0 Å². The maximum atomic E-state index is 13.7. The third-order valence-corrected chi connectivity index (χ3v) is 5.57. The van der Waals surface area contributed by atoms with Gasteiger partial charge in [-0.05, 0) is 23.1 Å². The maximum absolute atomic E-state index is 13.7. The zero-order chi connectivity index (χ0) is 27.0. The minimum atomic E-state index is -4.49. The van der Waals surface area contributed by atoms with Crippen LogP contribution in [-0.2, 0) is 16.1 Å². The molecule has 1 heterocycles. The molecule has 0 aliphatic carbocycles. The lowest BCUT2D eigenvalue weighted by Crippen LogP contribution is -2.55. The van der Waals surface area contributed by atoms with Crippen LogP contribution in [-0.4, -0.2) is 53.9 Å². The van der Waals surface area contributed by atoms with Crippen LogP contribution < -0.4 is 16.1 Å². The molecule has 13 heteroatoms. The highest BCUT2D eigenvalue weighted by Crippen LogP contribution is 2.20. The smallest absolute Gasteiger partial charge is 0.412 e. The summed E-state index contributed by atoms with van der Waals surface area (Å²) in [6.45, 7) is -1.09. The number of carbonyl (C=O) groups is 2. The number of pyridine rings is 1. The van der Waals surface area contributed by atoms with Gasteiger partial charge in [-0.3, -0.25) is 15.1 Å². The quantitative estimate of drug-likeness (QED) is 0.255. The summed E-state index contributed by atoms with van der Waals surface area (Å²) in [4.78, 5) is 28.8. The number of halogens is 5. The standard InChI is InChI=1S/C24H24ClF4N5O3/c1-15(35)34(32-11-18-7-4-8-20(26)22(18)25)19(12-30-14-24(27,28)29)13-37-23(36)33-21-9-16-5-2-3-6-17(16)10-31-21/h2-10,19,30,32H,11-14H2,1H3,(H,31,33,36)/t19-/m0/s1. The number of ether oxygens (including phenoxy) is 1. The van der Waals surface area contributed by atoms with Crippen molar-refractivity contribution in [1.29, 1.82) is 0 Å². The molecule has 1 atom stereocenters. The molecule has 0 unspecified atom stereocenters. The van der Waals surface area contributed by atoms with Crippen molar-refractivity contribution >= 4 is 40.2 Å². The number of aromatic nitrogens is 1. The molecule has 1 aromatic heterocycles. The van der Waals surface area contributed by atoms with Gasteiger partial charge in [-0.1, -0.05) is 48.0 Å². The maximum Gasteiger partial charge on any atom is 0.412 e. The molecule has 3 rings (SSSR count). The van der Waals surface area contributed by atoms with Gasteiger partial charge in [0.05, 0.1) is 17.6 Å². The molecule has 0 radical (unpaired) electrons. The number of hydrogen-bond acceptors (Lipinski definition) is 6. The van der Waals surface area contributed by atoms with Gasteiger partial charge in [-0.2, -0.15) is 13.2 Å². The van der Waals surface area contributed by atoms with Crippen LogP contribution in [0.25, 0.3) is 10.8 Å². The lowest BCUT2D eigenvalue weighted by molar-refractivity contribution is -0.137. The van der Waals surface area contributed by atoms with E-state index in [4.69, 9.17) is 16.3 Å². The van der Waals surface area contributed by atoms with E-state index in [1.54, 1.807) is 12.3 Å². The summed E-state index contributed by atoms with van der Waals surface area (Å²) in [6.07, 6.45) is -3.85. The Hall–Kier alpha value is -3.48. The normalized spacial score (nSPS) is 12.3. The summed E-state index contributed by atoms with van der Waals surface area (Å²) in [5, 5.41) is 7.18. The predicted molar refractivity (Wildman–Crippen MR) is 130 cm³/mol. The third kappa shape index (κ3) is 8.55. The first kappa shape index (κ1) is 28.1. The molecule has 37 heavy (non-hydrogen) atoms. The van der Waals surface area contributed by atoms with E-state index in [1.165, 1.54) is 19.1 Å². The minimum absolute atomic E-state index is 0.112. The summed E-state index contributed by atoms with van der Waals surface area (Å²) in [7, 11) is 0. The van der Waals surface area contributed by atoms with Gasteiger partial charge in [0.2, 0.25) is 5.91 Å². The highest BCUT2D eigenvalue weighted by molar-refractivity contribution is 6.31. The molecule has 8 nitrogen and oxygen atoms in total. The Morgan fingerprint density at radius 3 is 2.57 bits per heavy atom. The molecule has 0 aliphatic rings. The molecule has 2 aromatic carbocycles. The Morgan fingerprint density at radius 1 is 1.14 bits per heavy atom. The largest absolute Gasteiger partial charge is 0.447 e. The SMILES string of the molecule is CC(=O)N(NCc1cccc(F)c1Cl)[C@@H](CNCC(F)(F)F)COC(=O)Nc1cc2ccccc2cn1. The second-order valence-electron chi connectivity index (χ2n) is 7.98. The molecule has 3 aromatic rings. The highest BCUT2D eigenvalue weighted by Gasteiger charge is 2.29. The molecule has 0 saturated carbocycles. The van der Waals surface area contributed by atoms with Gasteiger partial charge in [-0.15, -0.1) is 0 Å². The van der Waals surface area contributed by atoms with E-state index in [1.807, 2.05) is 24.3 Å². The number of nitrogens with zero attached hydrogens (tertiary/aromatic N) is 2. The van der Waals surface area contributed by atoms with E-state index >= 15 is 0 Å². The Bertz CT molecular complexity index is 1240. The van der Waals surface area contributed by atoms with E-state index < -0.39 is 43.2 Å². The number of amides is 2. The topological polar surface area (TPSA) is 95.6 Å². The van der Waals surface area contributed by atoms with Crippen molar-refractivity contribution in [2.45, 2.75) is 25.7 Å². The minimum Gasteiger partial charge on any atom is -0.447 e. The summed E-state index contributed by atoms with van der Waals surface area (Å²) < 4.78 is 57.0. The number of benzene rings is 2. The van der Waals surface area contributed by atoms with Crippen LogP contribution >= 0.6 is 11.6 Å². The third-order valence-electron chi connectivity index (χ3n) is 5.15. The van der Waals surface area contributed by atoms with Crippen molar-refractivity contribution in [3.05, 3.63) is 71.1 Å². The Labute approximate surface area is 214 Å². The van der Waals surface area contributed by atoms with Gasteiger partial charge in [0.1, 0.15) is 18.2 Å². The van der Waals surface area contributed by atoms with Gasteiger partial charge in [0.15, 0.2) is 0 Å². The molecule has 0 fully saturated rings. The fraction of sp³-hybridized carbons (Fsp3) is 0.292. The number of fused-ring (bicyclic) bond motifs is 1. The van der Waals surface area contributed by atoms with E-state index in [0.29, 0.717) is 5.56 Å². The average molecular weight is 542 g/mol. The fourth-order valence-corrected chi connectivity index (χ4v) is 3.62. The van der Waals surface area contributed by atoms with Crippen LogP contribution in [0.4, 0.5) is 28.2 Å². The summed E-state index contributed by atoms with van der Waals surface area (Å²) in [6, 6.07) is 12.0. The summed E-state index contributed by atoms with van der Waals surface area (Å²) >= 11 is 5.95. The van der Waals surface area contributed by atoms with Gasteiger partial charge >= 0.3 is 12.3 Å². The van der Waals surface area contributed by atoms with Crippen molar-refractivity contribution in [1.82, 2.24) is 20.7 Å². The van der Waals surface area contributed by atoms with Crippen LogP contribution in [0.1, 0.15) is 12.5 Å². The molecule has 198 valence electrons. The van der Waals surface area contributed by atoms with Gasteiger partial charge < -0.3 is 10.1 Å². The van der Waals surface area contributed by atoms with Gasteiger partial charge in [-0.25, -0.2) is 19.6 Å². The molecular weight excluding hydrogens is 518 g/mol. The van der Waals surface area contributed by atoms with Crippen LogP contribution in [0.15, 0.2) is 54.7 Å². The fourth-order valence-electron chi connectivity index (χ4n) is 3.42. The monoisotopic (exact) mass is 541 g/mol. The van der Waals surface area contributed by atoms with E-state index in [9.17, 15) is 27.2 Å². The zero-order valence-electron chi connectivity index (χ0n) is 19.6. The molecular formula is C24H24ClF4N5O3. The lowest BCUT2D eigenvalue weighted by atomic mass is 10.2. The first-order valence-electron chi connectivity index (χ1n) is 11.1. The Kier molecular flexibility index (Phi) is 9.61. The molecule has 0 aliphatic heterocycles. The second kappa shape index (κ2) is 12.7. The number of rotatable bonds is 10. The van der Waals surface area contributed by atoms with Crippen molar-refractivity contribution < 1.29 is 31.9 Å². The second-order valence-corrected chi connectivity index (χ2v) is 8.35. The molecule has 0 bridgehead atoms. The number of hydrogen-bond donors (Lipinski definition) is 3. The van der Waals surface area contributed by atoms with Gasteiger partial charge in [0, 0.05) is 31.6 Å². The average Bonchev–Trinajstić information content (AvgIpc) is 2.83. The van der Waals surface area contributed by atoms with Crippen LogP contribution in [0, 0.1) is 5.82 Å². The number of nitrogens with one attached hydrogen (secondary N) is 3. The van der Waals surface area contributed by atoms with Crippen LogP contribution in [0.3, 0.4) is 0 Å². The predicted octanol–water partition coefficient (Wildman–Crippen LogP) is 4.65. The molecule has 3 N–H and O–H groups in total. The molecule has 2 amide bonds. The zero-order valence-corrected chi connectivity index (χ0v) is 20.4. The number of alkyl halides is 3. The van der Waals surface area contributed by atoms with E-state index in [2.05, 4.69) is 21.0 Å². The van der Waals surface area contributed by atoms with Crippen molar-refractivity contribution in [3.8, 4) is 0 Å². The van der Waals surface area contributed by atoms with Crippen LogP contribution in [0.2, 0.25) is 5.02 Å². The van der Waals surface area contributed by atoms with E-state index in [-0.39, 0.29) is 23.9 Å². The lowest BCUT2D eigenvalue weighted by Gasteiger charge is -2.31. The van der Waals surface area contributed by atoms with E-state index in [0.717, 1.165) is 21.8 Å². The first-order chi connectivity index (χ1) is 17.5. The molecule has 0 saturated heterocycles. The number of anilines is 1. The molecule has 0 spiro atoms. The van der Waals surface area contributed by atoms with Crippen molar-refractivity contribution in [3.63, 3.8) is 0 Å². The Morgan fingerprint density at radius 2 is 1.86 bits per heavy atom. The number of hydrazine groups is 1. The van der Waals surface area contributed by atoms with Crippen LogP contribution in [0.5, 0.6) is 0 Å². The summed E-state index contributed by atoms with van der Waals surface area (Å²) in [5.74, 6) is -1.04. The Balaban J connectivity index is 1.68.